The SMILES string of the molecule is C=C1/C=C\C(c2c3ccccc3c(-c3ccc(N(C(/C=C\C(=C)N(C)c4ccccc4C(C)(C)C)=C/CC)c4ccccc4)c4ccccc34)c3cc(C)ccc23)=C/CCC(C)([C@H](C)CC)c2ccccc21.C=CC.CC. The number of fused-ring (bicyclic) bond motifs is 4. The summed E-state index contributed by atoms with van der Waals surface area (Å²) >= 11 is 0. The van der Waals surface area contributed by atoms with Crippen molar-refractivity contribution in [3.63, 3.8) is 0 Å². The molecule has 2 atom stereocenters. The van der Waals surface area contributed by atoms with Crippen molar-refractivity contribution in [1.82, 2.24) is 0 Å². The van der Waals surface area contributed by atoms with Gasteiger partial charge in [-0.05, 0) is 158 Å². The van der Waals surface area contributed by atoms with E-state index in [9.17, 15) is 0 Å². The fraction of sp³-hybridized carbons (Fsp3) is 0.253. The van der Waals surface area contributed by atoms with E-state index in [1.165, 1.54) is 76.8 Å². The Hall–Kier alpha value is -7.68. The van der Waals surface area contributed by atoms with Gasteiger partial charge in [-0.2, -0.15) is 0 Å². The molecule has 0 heterocycles. The van der Waals surface area contributed by atoms with Crippen molar-refractivity contribution in [1.29, 1.82) is 0 Å². The number of hydrogen-bond acceptors (Lipinski definition) is 2. The fourth-order valence-electron chi connectivity index (χ4n) is 11.3. The molecule has 0 radical (unpaired) electrons. The topological polar surface area (TPSA) is 6.48 Å². The van der Waals surface area contributed by atoms with Gasteiger partial charge in [0, 0.05) is 35.2 Å². The summed E-state index contributed by atoms with van der Waals surface area (Å²) in [6, 6.07) is 58.3. The first-order valence-corrected chi connectivity index (χ1v) is 28.1. The van der Waals surface area contributed by atoms with Gasteiger partial charge in [-0.25, -0.2) is 0 Å². The van der Waals surface area contributed by atoms with Crippen molar-refractivity contribution < 1.29 is 0 Å². The van der Waals surface area contributed by atoms with Crippen LogP contribution in [0.5, 0.6) is 0 Å². The third kappa shape index (κ3) is 12.0. The van der Waals surface area contributed by atoms with Crippen molar-refractivity contribution in [2.75, 3.05) is 16.8 Å². The van der Waals surface area contributed by atoms with E-state index in [4.69, 9.17) is 6.58 Å². The molecule has 0 aliphatic heterocycles. The highest BCUT2D eigenvalue weighted by Crippen LogP contribution is 2.48. The maximum Gasteiger partial charge on any atom is 0.0540 e. The average molecular weight is 1010 g/mol. The third-order valence-corrected chi connectivity index (χ3v) is 15.6. The van der Waals surface area contributed by atoms with Crippen LogP contribution in [0.4, 0.5) is 17.1 Å². The summed E-state index contributed by atoms with van der Waals surface area (Å²) in [5, 5.41) is 7.39. The zero-order valence-electron chi connectivity index (χ0n) is 48.5. The third-order valence-electron chi connectivity index (χ3n) is 15.6. The lowest BCUT2D eigenvalue weighted by molar-refractivity contribution is 0.286. The van der Waals surface area contributed by atoms with E-state index in [1.54, 1.807) is 6.08 Å². The second-order valence-corrected chi connectivity index (χ2v) is 21.6. The van der Waals surface area contributed by atoms with Crippen LogP contribution < -0.4 is 9.80 Å². The molecule has 0 amide bonds. The molecule has 0 aromatic heterocycles. The van der Waals surface area contributed by atoms with E-state index >= 15 is 0 Å². The van der Waals surface area contributed by atoms with Gasteiger partial charge in [0.15, 0.2) is 0 Å². The number of benzene rings is 8. The molecule has 2 nitrogen and oxygen atoms in total. The molecule has 0 spiro atoms. The van der Waals surface area contributed by atoms with Crippen LogP contribution in [0.3, 0.4) is 0 Å². The van der Waals surface area contributed by atoms with Crippen molar-refractivity contribution in [2.24, 2.45) is 5.92 Å². The first kappa shape index (κ1) is 57.0. The number of aryl methyl sites for hydroxylation is 1. The van der Waals surface area contributed by atoms with Gasteiger partial charge in [0.1, 0.15) is 0 Å². The lowest BCUT2D eigenvalue weighted by atomic mass is 9.66. The standard InChI is InChI=1S/C70H72N2.C3H6.C2H6/c1-12-26-53(42-40-51(6)71(11)66-37-24-23-36-64(66)69(7,8)9)72(54-28-15-14-16-29-54)65-45-44-60(56-31-17-18-32-57(56)65)68-59-34-20-19-33-58(59)67(61-43-38-48(3)47-62(61)68)52-27-25-46-70(10,50(5)13-2)63-35-22-21-30-55(63)49(4)39-41-52;1-3-2;1-2/h14-24,26-45,47,50H,4,6,12-13,25,46H2,1-3,5,7-11H3;3H,1H2,2H3;1-2H3/b41-39-,42-40-,52-27+,53-26+;;/t50-,70?;;/m1../s1. The summed E-state index contributed by atoms with van der Waals surface area (Å²) in [5.41, 5.74) is 16.6. The summed E-state index contributed by atoms with van der Waals surface area (Å²) in [5.74, 6) is 0.511. The molecule has 0 bridgehead atoms. The molecule has 2 heteroatoms. The summed E-state index contributed by atoms with van der Waals surface area (Å²) in [7, 11) is 2.12. The summed E-state index contributed by atoms with van der Waals surface area (Å²) in [6.07, 6.45) is 19.6. The minimum atomic E-state index is -0.0128. The molecular formula is C75H84N2. The molecule has 1 unspecified atom stereocenters. The number of allylic oxidation sites excluding steroid dienone is 9. The molecule has 0 N–H and O–H groups in total. The number of anilines is 3. The summed E-state index contributed by atoms with van der Waals surface area (Å²) < 4.78 is 0. The number of rotatable bonds is 12. The Morgan fingerprint density at radius 2 is 1.27 bits per heavy atom. The van der Waals surface area contributed by atoms with Gasteiger partial charge >= 0.3 is 0 Å². The Morgan fingerprint density at radius 1 is 0.675 bits per heavy atom. The number of para-hydroxylation sites is 2. The highest BCUT2D eigenvalue weighted by Gasteiger charge is 2.34. The van der Waals surface area contributed by atoms with E-state index in [0.717, 1.165) is 59.7 Å². The van der Waals surface area contributed by atoms with Crippen LogP contribution >= 0.6 is 0 Å². The van der Waals surface area contributed by atoms with Gasteiger partial charge in [-0.3, -0.25) is 0 Å². The Bertz CT molecular complexity index is 3510. The average Bonchev–Trinajstić information content (AvgIpc) is 3.49. The summed E-state index contributed by atoms with van der Waals surface area (Å²) in [4.78, 5) is 4.63. The van der Waals surface area contributed by atoms with Crippen molar-refractivity contribution in [3.8, 4) is 11.1 Å². The number of hydrogen-bond donors (Lipinski definition) is 0. The lowest BCUT2D eigenvalue weighted by Crippen LogP contribution is -2.31. The molecular weight excluding hydrogens is 929 g/mol. The first-order chi connectivity index (χ1) is 37.2. The van der Waals surface area contributed by atoms with Crippen LogP contribution in [0.25, 0.3) is 54.6 Å². The number of nitrogens with zero attached hydrogens (tertiary/aromatic N) is 2. The van der Waals surface area contributed by atoms with Crippen LogP contribution in [-0.4, -0.2) is 7.05 Å². The Kier molecular flexibility index (Phi) is 18.8. The molecule has 8 aromatic carbocycles. The lowest BCUT2D eigenvalue weighted by Gasteiger charge is -2.38. The molecule has 394 valence electrons. The molecule has 1 aliphatic carbocycles. The van der Waals surface area contributed by atoms with Gasteiger partial charge in [0.25, 0.3) is 0 Å². The normalized spacial score (nSPS) is 16.3. The van der Waals surface area contributed by atoms with Gasteiger partial charge in [0.2, 0.25) is 0 Å². The predicted octanol–water partition coefficient (Wildman–Crippen LogP) is 22.0. The maximum atomic E-state index is 4.70. The zero-order valence-corrected chi connectivity index (χ0v) is 48.5. The van der Waals surface area contributed by atoms with Gasteiger partial charge < -0.3 is 9.80 Å². The minimum absolute atomic E-state index is 0.00300. The molecule has 9 rings (SSSR count). The van der Waals surface area contributed by atoms with E-state index in [-0.39, 0.29) is 10.8 Å². The highest BCUT2D eigenvalue weighted by atomic mass is 15.2. The molecule has 77 heavy (non-hydrogen) atoms. The summed E-state index contributed by atoms with van der Waals surface area (Å²) in [6.45, 7) is 37.0. The van der Waals surface area contributed by atoms with Gasteiger partial charge in [0.05, 0.1) is 5.69 Å². The van der Waals surface area contributed by atoms with Crippen LogP contribution in [0.1, 0.15) is 123 Å². The van der Waals surface area contributed by atoms with Crippen molar-refractivity contribution in [3.05, 3.63) is 259 Å². The second kappa shape index (κ2) is 25.4. The highest BCUT2D eigenvalue weighted by molar-refractivity contribution is 6.23. The van der Waals surface area contributed by atoms with Gasteiger partial charge in [-0.15, -0.1) is 6.58 Å². The Morgan fingerprint density at radius 3 is 1.95 bits per heavy atom. The zero-order chi connectivity index (χ0) is 55.4. The van der Waals surface area contributed by atoms with E-state index < -0.39 is 0 Å². The van der Waals surface area contributed by atoms with Crippen LogP contribution in [-0.2, 0) is 10.8 Å². The Labute approximate surface area is 463 Å². The smallest absolute Gasteiger partial charge is 0.0540 e. The molecule has 0 saturated heterocycles. The quantitative estimate of drug-likeness (QED) is 0.0684. The molecule has 0 fully saturated rings. The van der Waals surface area contributed by atoms with Crippen LogP contribution in [0.2, 0.25) is 0 Å². The van der Waals surface area contributed by atoms with E-state index in [1.807, 2.05) is 20.8 Å². The number of likely N-dealkylation sites (N-methyl/N-ethyl adjacent to an activating group) is 1. The first-order valence-electron chi connectivity index (χ1n) is 28.1. The van der Waals surface area contributed by atoms with E-state index in [2.05, 4.69) is 280 Å². The largest absolute Gasteiger partial charge is 0.345 e. The predicted molar refractivity (Wildman–Crippen MR) is 344 cm³/mol. The molecule has 0 saturated carbocycles. The monoisotopic (exact) mass is 1010 g/mol. The minimum Gasteiger partial charge on any atom is -0.345 e. The van der Waals surface area contributed by atoms with Crippen molar-refractivity contribution >= 4 is 60.5 Å². The Balaban J connectivity index is 0.00000166. The molecule has 1 aliphatic rings. The second-order valence-electron chi connectivity index (χ2n) is 21.6. The van der Waals surface area contributed by atoms with Crippen molar-refractivity contribution in [2.45, 2.75) is 113 Å². The van der Waals surface area contributed by atoms with Gasteiger partial charge in [-0.1, -0.05) is 251 Å². The maximum absolute atomic E-state index is 4.70. The van der Waals surface area contributed by atoms with Crippen LogP contribution in [0, 0.1) is 12.8 Å². The fourth-order valence-corrected chi connectivity index (χ4v) is 11.3. The van der Waals surface area contributed by atoms with E-state index in [0.29, 0.717) is 5.92 Å². The van der Waals surface area contributed by atoms with Crippen LogP contribution in [0.15, 0.2) is 231 Å². The molecule has 8 aromatic rings.